The van der Waals surface area contributed by atoms with Crippen molar-refractivity contribution < 1.29 is 9.53 Å². The molecule has 0 saturated heterocycles. The molecule has 4 heteroatoms. The Morgan fingerprint density at radius 1 is 1.53 bits per heavy atom. The van der Waals surface area contributed by atoms with Crippen molar-refractivity contribution in [2.75, 3.05) is 26.8 Å². The summed E-state index contributed by atoms with van der Waals surface area (Å²) in [5.74, 6) is 0.425. The van der Waals surface area contributed by atoms with Crippen molar-refractivity contribution in [2.45, 2.75) is 19.9 Å². The molecule has 4 nitrogen and oxygen atoms in total. The lowest BCUT2D eigenvalue weighted by molar-refractivity contribution is -0.120. The zero-order valence-corrected chi connectivity index (χ0v) is 9.88. The molecule has 0 spiro atoms. The summed E-state index contributed by atoms with van der Waals surface area (Å²) in [5, 5.41) is 5.87. The Morgan fingerprint density at radius 3 is 2.67 bits per heavy atom. The molecule has 15 heavy (non-hydrogen) atoms. The van der Waals surface area contributed by atoms with E-state index in [0.717, 1.165) is 0 Å². The zero-order valence-electron chi connectivity index (χ0n) is 9.88. The number of hydrogen-bond acceptors (Lipinski definition) is 3. The molecule has 0 fully saturated rings. The maximum atomic E-state index is 11.3. The smallest absolute Gasteiger partial charge is 0.234 e. The van der Waals surface area contributed by atoms with Gasteiger partial charge < -0.3 is 15.4 Å². The molecule has 0 rings (SSSR count). The number of ether oxygens (including phenoxy) is 1. The molecule has 0 saturated carbocycles. The van der Waals surface area contributed by atoms with Gasteiger partial charge >= 0.3 is 0 Å². The van der Waals surface area contributed by atoms with Gasteiger partial charge in [-0.1, -0.05) is 19.9 Å². The van der Waals surface area contributed by atoms with Crippen molar-refractivity contribution in [3.05, 3.63) is 12.7 Å². The van der Waals surface area contributed by atoms with Gasteiger partial charge in [0.25, 0.3) is 0 Å². The minimum atomic E-state index is -0.0170. The summed E-state index contributed by atoms with van der Waals surface area (Å²) >= 11 is 0. The molecule has 0 aromatic heterocycles. The molecular formula is C11H22N2O2. The molecule has 2 N–H and O–H groups in total. The van der Waals surface area contributed by atoms with E-state index in [0.29, 0.717) is 25.6 Å². The largest absolute Gasteiger partial charge is 0.383 e. The first-order chi connectivity index (χ1) is 7.11. The molecule has 0 aliphatic carbocycles. The Hall–Kier alpha value is -0.870. The van der Waals surface area contributed by atoms with Crippen LogP contribution in [0, 0.1) is 5.92 Å². The highest BCUT2D eigenvalue weighted by Crippen LogP contribution is 2.00. The summed E-state index contributed by atoms with van der Waals surface area (Å²) in [7, 11) is 1.66. The fourth-order valence-electron chi connectivity index (χ4n) is 1.14. The van der Waals surface area contributed by atoms with E-state index in [2.05, 4.69) is 31.1 Å². The van der Waals surface area contributed by atoms with Crippen LogP contribution in [-0.4, -0.2) is 38.8 Å². The predicted octanol–water partition coefficient (Wildman–Crippen LogP) is 0.549. The maximum Gasteiger partial charge on any atom is 0.234 e. The quantitative estimate of drug-likeness (QED) is 0.580. The van der Waals surface area contributed by atoms with E-state index in [9.17, 15) is 4.79 Å². The van der Waals surface area contributed by atoms with Crippen LogP contribution in [0.4, 0.5) is 0 Å². The maximum absolute atomic E-state index is 11.3. The summed E-state index contributed by atoms with van der Waals surface area (Å²) in [4.78, 5) is 11.3. The number of carbonyl (C=O) groups is 1. The molecule has 0 radical (unpaired) electrons. The Bertz CT molecular complexity index is 193. The molecule has 0 bridgehead atoms. The molecule has 0 heterocycles. The number of hydrogen-bond donors (Lipinski definition) is 2. The molecule has 1 amide bonds. The van der Waals surface area contributed by atoms with Crippen molar-refractivity contribution >= 4 is 5.91 Å². The van der Waals surface area contributed by atoms with Gasteiger partial charge in [-0.2, -0.15) is 0 Å². The van der Waals surface area contributed by atoms with Gasteiger partial charge in [0.1, 0.15) is 0 Å². The number of methoxy groups -OCH3 is 1. The van der Waals surface area contributed by atoms with E-state index in [1.54, 1.807) is 13.2 Å². The Balaban J connectivity index is 3.77. The van der Waals surface area contributed by atoms with Gasteiger partial charge in [0.2, 0.25) is 5.91 Å². The highest BCUT2D eigenvalue weighted by atomic mass is 16.5. The summed E-state index contributed by atoms with van der Waals surface area (Å²) in [6.45, 7) is 9.17. The van der Waals surface area contributed by atoms with Crippen LogP contribution in [-0.2, 0) is 9.53 Å². The average Bonchev–Trinajstić information content (AvgIpc) is 2.20. The second-order valence-electron chi connectivity index (χ2n) is 3.78. The third-order valence-electron chi connectivity index (χ3n) is 2.12. The lowest BCUT2D eigenvalue weighted by Crippen LogP contribution is -2.43. The lowest BCUT2D eigenvalue weighted by atomic mass is 10.1. The third-order valence-corrected chi connectivity index (χ3v) is 2.12. The zero-order chi connectivity index (χ0) is 11.7. The number of amides is 1. The Kier molecular flexibility index (Phi) is 7.95. The van der Waals surface area contributed by atoms with E-state index >= 15 is 0 Å². The minimum Gasteiger partial charge on any atom is -0.383 e. The van der Waals surface area contributed by atoms with Crippen LogP contribution >= 0.6 is 0 Å². The molecule has 1 unspecified atom stereocenters. The highest BCUT2D eigenvalue weighted by molar-refractivity contribution is 5.78. The van der Waals surface area contributed by atoms with Crippen LogP contribution < -0.4 is 10.6 Å². The van der Waals surface area contributed by atoms with Gasteiger partial charge in [-0.3, -0.25) is 4.79 Å². The van der Waals surface area contributed by atoms with Gasteiger partial charge in [-0.25, -0.2) is 0 Å². The van der Waals surface area contributed by atoms with Gasteiger partial charge in [-0.15, -0.1) is 6.58 Å². The normalized spacial score (nSPS) is 12.5. The SMILES string of the molecule is C=CCNC(=O)CNC(COC)C(C)C. The van der Waals surface area contributed by atoms with Crippen molar-refractivity contribution in [2.24, 2.45) is 5.92 Å². The fourth-order valence-corrected chi connectivity index (χ4v) is 1.14. The Labute approximate surface area is 92.1 Å². The van der Waals surface area contributed by atoms with E-state index in [-0.39, 0.29) is 11.9 Å². The summed E-state index contributed by atoms with van der Waals surface area (Å²) in [6.07, 6.45) is 1.66. The molecule has 0 aromatic rings. The highest BCUT2D eigenvalue weighted by Gasteiger charge is 2.13. The molecule has 0 aromatic carbocycles. The van der Waals surface area contributed by atoms with Crippen LogP contribution in [0.5, 0.6) is 0 Å². The fraction of sp³-hybridized carbons (Fsp3) is 0.727. The standard InChI is InChI=1S/C11H22N2O2/c1-5-6-12-11(14)7-13-10(8-15-4)9(2)3/h5,9-10,13H,1,6-8H2,2-4H3,(H,12,14). The third kappa shape index (κ3) is 7.11. The van der Waals surface area contributed by atoms with Crippen LogP contribution in [0.2, 0.25) is 0 Å². The second kappa shape index (κ2) is 8.44. The molecule has 88 valence electrons. The first-order valence-electron chi connectivity index (χ1n) is 5.21. The average molecular weight is 214 g/mol. The first kappa shape index (κ1) is 14.1. The first-order valence-corrected chi connectivity index (χ1v) is 5.21. The molecular weight excluding hydrogens is 192 g/mol. The van der Waals surface area contributed by atoms with Crippen LogP contribution in [0.25, 0.3) is 0 Å². The molecule has 0 aliphatic heterocycles. The van der Waals surface area contributed by atoms with Crippen LogP contribution in [0.15, 0.2) is 12.7 Å². The summed E-state index contributed by atoms with van der Waals surface area (Å²) in [6, 6.07) is 0.212. The monoisotopic (exact) mass is 214 g/mol. The van der Waals surface area contributed by atoms with E-state index in [4.69, 9.17) is 4.74 Å². The molecule has 0 aliphatic rings. The van der Waals surface area contributed by atoms with Gasteiger partial charge in [0.05, 0.1) is 13.2 Å². The van der Waals surface area contributed by atoms with E-state index in [1.165, 1.54) is 0 Å². The number of nitrogens with one attached hydrogen (secondary N) is 2. The van der Waals surface area contributed by atoms with E-state index < -0.39 is 0 Å². The number of rotatable bonds is 8. The second-order valence-corrected chi connectivity index (χ2v) is 3.78. The van der Waals surface area contributed by atoms with Crippen LogP contribution in [0.1, 0.15) is 13.8 Å². The summed E-state index contributed by atoms with van der Waals surface area (Å²) in [5.41, 5.74) is 0. The molecule has 1 atom stereocenters. The topological polar surface area (TPSA) is 50.4 Å². The van der Waals surface area contributed by atoms with Gasteiger partial charge in [0, 0.05) is 19.7 Å². The van der Waals surface area contributed by atoms with Crippen molar-refractivity contribution in [1.29, 1.82) is 0 Å². The van der Waals surface area contributed by atoms with Crippen molar-refractivity contribution in [3.8, 4) is 0 Å². The van der Waals surface area contributed by atoms with Crippen molar-refractivity contribution in [1.82, 2.24) is 10.6 Å². The predicted molar refractivity (Wildman–Crippen MR) is 61.7 cm³/mol. The van der Waals surface area contributed by atoms with Crippen LogP contribution in [0.3, 0.4) is 0 Å². The Morgan fingerprint density at radius 2 is 2.20 bits per heavy atom. The number of carbonyl (C=O) groups excluding carboxylic acids is 1. The lowest BCUT2D eigenvalue weighted by Gasteiger charge is -2.21. The van der Waals surface area contributed by atoms with E-state index in [1.807, 2.05) is 0 Å². The summed E-state index contributed by atoms with van der Waals surface area (Å²) < 4.78 is 5.07. The van der Waals surface area contributed by atoms with Gasteiger partial charge in [0.15, 0.2) is 0 Å². The van der Waals surface area contributed by atoms with Crippen molar-refractivity contribution in [3.63, 3.8) is 0 Å². The van der Waals surface area contributed by atoms with Gasteiger partial charge in [-0.05, 0) is 5.92 Å². The minimum absolute atomic E-state index is 0.0170.